The normalized spacial score (nSPS) is 22.4. The van der Waals surface area contributed by atoms with Crippen molar-refractivity contribution in [3.05, 3.63) is 0 Å². The molecule has 1 aliphatic heterocycles. The molecule has 2 unspecified atom stereocenters. The summed E-state index contributed by atoms with van der Waals surface area (Å²) in [6, 6.07) is 0. The lowest BCUT2D eigenvalue weighted by Gasteiger charge is -2.19. The van der Waals surface area contributed by atoms with Crippen LogP contribution in [0.25, 0.3) is 0 Å². The Morgan fingerprint density at radius 3 is 2.53 bits per heavy atom. The first-order chi connectivity index (χ1) is 6.81. The van der Waals surface area contributed by atoms with E-state index in [1.165, 1.54) is 6.92 Å². The van der Waals surface area contributed by atoms with Crippen LogP contribution in [0.5, 0.6) is 0 Å². The highest BCUT2D eigenvalue weighted by molar-refractivity contribution is 6.19. The van der Waals surface area contributed by atoms with Crippen molar-refractivity contribution in [2.24, 2.45) is 11.3 Å². The Morgan fingerprint density at radius 2 is 2.13 bits per heavy atom. The van der Waals surface area contributed by atoms with E-state index in [1.54, 1.807) is 13.8 Å². The van der Waals surface area contributed by atoms with Gasteiger partial charge in [-0.15, -0.1) is 11.6 Å². The van der Waals surface area contributed by atoms with E-state index >= 15 is 0 Å². The predicted molar refractivity (Wildman–Crippen MR) is 50.4 cm³/mol. The maximum absolute atomic E-state index is 11.7. The van der Waals surface area contributed by atoms with E-state index in [-0.39, 0.29) is 11.8 Å². The van der Waals surface area contributed by atoms with Crippen LogP contribution in [0, 0.1) is 11.3 Å². The maximum atomic E-state index is 11.7. The Kier molecular flexibility index (Phi) is 3.25. The molecule has 15 heavy (non-hydrogen) atoms. The molecule has 1 saturated heterocycles. The first-order valence-corrected chi connectivity index (χ1v) is 5.12. The number of amides is 1. The van der Waals surface area contributed by atoms with Gasteiger partial charge in [0.25, 0.3) is 5.91 Å². The molecule has 0 bridgehead atoms. The van der Waals surface area contributed by atoms with Crippen LogP contribution in [0.1, 0.15) is 20.8 Å². The molecule has 0 N–H and O–H groups in total. The van der Waals surface area contributed by atoms with Crippen LogP contribution in [0.2, 0.25) is 0 Å². The summed E-state index contributed by atoms with van der Waals surface area (Å²) < 4.78 is 0. The Bertz CT molecular complexity index is 292. The Labute approximate surface area is 92.9 Å². The molecule has 1 aliphatic rings. The molecule has 5 nitrogen and oxygen atoms in total. The third-order valence-electron chi connectivity index (χ3n) is 2.32. The summed E-state index contributed by atoms with van der Waals surface area (Å²) in [5, 5.41) is 11.6. The van der Waals surface area contributed by atoms with Gasteiger partial charge in [-0.1, -0.05) is 6.92 Å². The summed E-state index contributed by atoms with van der Waals surface area (Å²) in [6.45, 7) is 4.77. The Morgan fingerprint density at radius 1 is 1.60 bits per heavy atom. The average Bonchev–Trinajstić information content (AvgIpc) is 2.94. The molecule has 0 aromatic rings. The number of carboxylic acid groups (broad SMARTS) is 1. The third kappa shape index (κ3) is 2.41. The summed E-state index contributed by atoms with van der Waals surface area (Å²) in [4.78, 5) is 27.1. The number of carbonyl (C=O) groups excluding carboxylic acids is 2. The number of carbonyl (C=O) groups is 2. The summed E-state index contributed by atoms with van der Waals surface area (Å²) in [5.41, 5.74) is -0.748. The minimum atomic E-state index is -1.24. The monoisotopic (exact) mass is 234 g/mol. The van der Waals surface area contributed by atoms with Crippen molar-refractivity contribution < 1.29 is 19.5 Å². The fraction of sp³-hybridized carbons (Fsp3) is 0.778. The van der Waals surface area contributed by atoms with E-state index in [0.717, 1.165) is 5.06 Å². The third-order valence-corrected chi connectivity index (χ3v) is 2.99. The molecule has 1 heterocycles. The van der Waals surface area contributed by atoms with E-state index < -0.39 is 23.5 Å². The number of carboxylic acids is 1. The highest BCUT2D eigenvalue weighted by Crippen LogP contribution is 2.33. The molecule has 6 heteroatoms. The zero-order valence-electron chi connectivity index (χ0n) is 8.82. The van der Waals surface area contributed by atoms with Gasteiger partial charge in [-0.2, -0.15) is 5.06 Å². The predicted octanol–water partition coefficient (Wildman–Crippen LogP) is -0.263. The van der Waals surface area contributed by atoms with Crippen LogP contribution < -0.4 is 5.11 Å². The number of alkyl halides is 1. The van der Waals surface area contributed by atoms with Crippen molar-refractivity contribution in [1.82, 2.24) is 5.06 Å². The second-order valence-corrected chi connectivity index (χ2v) is 4.52. The Hall–Kier alpha value is -0.810. The highest BCUT2D eigenvalue weighted by atomic mass is 35.5. The van der Waals surface area contributed by atoms with Crippen LogP contribution in [-0.2, 0) is 14.4 Å². The smallest absolute Gasteiger partial charge is 0.255 e. The molecule has 0 aromatic heterocycles. The zero-order chi connectivity index (χ0) is 11.8. The van der Waals surface area contributed by atoms with E-state index in [9.17, 15) is 14.7 Å². The SMILES string of the molecule is CC(C(=O)[O-])C1ON1C(=O)C(C)(C)CCl. The van der Waals surface area contributed by atoms with Gasteiger partial charge in [0.1, 0.15) is 0 Å². The van der Waals surface area contributed by atoms with Gasteiger partial charge in [0.15, 0.2) is 6.23 Å². The van der Waals surface area contributed by atoms with Crippen molar-refractivity contribution in [3.63, 3.8) is 0 Å². The van der Waals surface area contributed by atoms with E-state index in [2.05, 4.69) is 0 Å². The van der Waals surface area contributed by atoms with E-state index in [0.29, 0.717) is 0 Å². The van der Waals surface area contributed by atoms with Crippen LogP contribution >= 0.6 is 11.6 Å². The fourth-order valence-electron chi connectivity index (χ4n) is 1.02. The number of halogens is 1. The van der Waals surface area contributed by atoms with Gasteiger partial charge in [0.05, 0.1) is 5.41 Å². The summed E-state index contributed by atoms with van der Waals surface area (Å²) >= 11 is 5.62. The lowest BCUT2D eigenvalue weighted by Crippen LogP contribution is -2.37. The number of rotatable bonds is 4. The summed E-state index contributed by atoms with van der Waals surface area (Å²) in [7, 11) is 0. The topological polar surface area (TPSA) is 72.7 Å². The molecule has 1 amide bonds. The maximum Gasteiger partial charge on any atom is 0.255 e. The van der Waals surface area contributed by atoms with Crippen molar-refractivity contribution in [2.45, 2.75) is 27.0 Å². The van der Waals surface area contributed by atoms with Gasteiger partial charge in [0, 0.05) is 17.8 Å². The quantitative estimate of drug-likeness (QED) is 0.496. The van der Waals surface area contributed by atoms with Gasteiger partial charge < -0.3 is 9.90 Å². The number of aliphatic carboxylic acids is 1. The molecule has 0 aromatic carbocycles. The average molecular weight is 235 g/mol. The van der Waals surface area contributed by atoms with Crippen molar-refractivity contribution in [1.29, 1.82) is 0 Å². The van der Waals surface area contributed by atoms with Gasteiger partial charge >= 0.3 is 0 Å². The van der Waals surface area contributed by atoms with Crippen molar-refractivity contribution in [3.8, 4) is 0 Å². The highest BCUT2D eigenvalue weighted by Gasteiger charge is 2.49. The molecule has 1 fully saturated rings. The van der Waals surface area contributed by atoms with Crippen LogP contribution in [-0.4, -0.2) is 29.0 Å². The summed E-state index contributed by atoms with van der Waals surface area (Å²) in [5.74, 6) is -2.23. The van der Waals surface area contributed by atoms with Crippen molar-refractivity contribution in [2.75, 3.05) is 5.88 Å². The molecule has 86 valence electrons. The minimum absolute atomic E-state index is 0.151. The van der Waals surface area contributed by atoms with Gasteiger partial charge in [-0.05, 0) is 13.8 Å². The summed E-state index contributed by atoms with van der Waals surface area (Å²) in [6.07, 6.45) is -0.718. The molecule has 0 aliphatic carbocycles. The molecular weight excluding hydrogens is 222 g/mol. The first-order valence-electron chi connectivity index (χ1n) is 4.58. The van der Waals surface area contributed by atoms with E-state index in [1.807, 2.05) is 0 Å². The minimum Gasteiger partial charge on any atom is -0.550 e. The molecule has 0 saturated carbocycles. The number of nitrogens with zero attached hydrogens (tertiary/aromatic N) is 1. The molecular formula is C9H13ClNO4-. The van der Waals surface area contributed by atoms with Crippen LogP contribution in [0.15, 0.2) is 0 Å². The largest absolute Gasteiger partial charge is 0.550 e. The molecule has 1 rings (SSSR count). The van der Waals surface area contributed by atoms with Crippen LogP contribution in [0.3, 0.4) is 0 Å². The van der Waals surface area contributed by atoms with Crippen LogP contribution in [0.4, 0.5) is 0 Å². The molecule has 0 radical (unpaired) electrons. The second-order valence-electron chi connectivity index (χ2n) is 4.25. The standard InChI is InChI=1S/C9H14ClNO4/c1-5(7(12)13)6-11(15-6)8(14)9(2,3)4-10/h5-6H,4H2,1-3H3,(H,12,13)/p-1. The molecule has 2 atom stereocenters. The Balaban J connectivity index is 2.58. The lowest BCUT2D eigenvalue weighted by molar-refractivity contribution is -0.311. The van der Waals surface area contributed by atoms with Crippen molar-refractivity contribution >= 4 is 23.5 Å². The van der Waals surface area contributed by atoms with Gasteiger partial charge in [-0.25, -0.2) is 4.84 Å². The number of hydrogen-bond acceptors (Lipinski definition) is 4. The fourth-order valence-corrected chi connectivity index (χ4v) is 1.13. The van der Waals surface area contributed by atoms with E-state index in [4.69, 9.17) is 16.4 Å². The lowest BCUT2D eigenvalue weighted by atomic mass is 9.95. The molecule has 0 spiro atoms. The second kappa shape index (κ2) is 3.98. The zero-order valence-corrected chi connectivity index (χ0v) is 9.58. The van der Waals surface area contributed by atoms with Gasteiger partial charge in [0.2, 0.25) is 0 Å². The number of hydroxylamine groups is 2. The van der Waals surface area contributed by atoms with Gasteiger partial charge in [-0.3, -0.25) is 4.79 Å². The first kappa shape index (κ1) is 12.3. The number of hydrogen-bond donors (Lipinski definition) is 0.